The van der Waals surface area contributed by atoms with Crippen LogP contribution in [0.15, 0.2) is 41.1 Å². The monoisotopic (exact) mass is 443 g/mol. The van der Waals surface area contributed by atoms with E-state index in [-0.39, 0.29) is 23.2 Å². The molecule has 0 fully saturated rings. The number of hydrogen-bond donors (Lipinski definition) is 4. The second-order valence-electron chi connectivity index (χ2n) is 5.80. The summed E-state index contributed by atoms with van der Waals surface area (Å²) in [7, 11) is 3.00. The minimum atomic E-state index is -0.556. The Morgan fingerprint density at radius 1 is 0.700 bits per heavy atom. The number of amides is 4. The van der Waals surface area contributed by atoms with E-state index in [0.717, 1.165) is 0 Å². The summed E-state index contributed by atoms with van der Waals surface area (Å²) in [6.45, 7) is 0. The van der Waals surface area contributed by atoms with Crippen molar-refractivity contribution in [2.45, 2.75) is 0 Å². The van der Waals surface area contributed by atoms with Crippen LogP contribution in [0, 0.1) is 0 Å². The normalized spacial score (nSPS) is 10.2. The number of anilines is 2. The van der Waals surface area contributed by atoms with Gasteiger partial charge in [-0.1, -0.05) is 6.07 Å². The molecule has 0 aliphatic rings. The van der Waals surface area contributed by atoms with E-state index in [0.29, 0.717) is 21.1 Å². The summed E-state index contributed by atoms with van der Waals surface area (Å²) in [5.41, 5.74) is 0.696. The van der Waals surface area contributed by atoms with Crippen molar-refractivity contribution >= 4 is 56.3 Å². The van der Waals surface area contributed by atoms with Gasteiger partial charge in [0.25, 0.3) is 23.6 Å². The molecule has 0 saturated carbocycles. The van der Waals surface area contributed by atoms with E-state index in [1.165, 1.54) is 55.0 Å². The van der Waals surface area contributed by atoms with E-state index in [1.54, 1.807) is 22.9 Å². The Morgan fingerprint density at radius 2 is 1.13 bits per heavy atom. The Kier molecular flexibility index (Phi) is 6.54. The summed E-state index contributed by atoms with van der Waals surface area (Å²) in [6, 6.07) is 7.64. The summed E-state index contributed by atoms with van der Waals surface area (Å²) in [4.78, 5) is 53.0. The van der Waals surface area contributed by atoms with Crippen LogP contribution in [0.4, 0.5) is 10.0 Å². The summed E-state index contributed by atoms with van der Waals surface area (Å²) in [5, 5.41) is 14.4. The number of carbonyl (C=O) groups excluding carboxylic acids is 4. The second kappa shape index (κ2) is 9.29. The third kappa shape index (κ3) is 4.53. The zero-order chi connectivity index (χ0) is 21.7. The molecule has 9 nitrogen and oxygen atoms in total. The number of nitrogens with zero attached hydrogens (tertiary/aromatic N) is 1. The highest BCUT2D eigenvalue weighted by atomic mass is 32.1. The van der Waals surface area contributed by atoms with Gasteiger partial charge in [0.2, 0.25) is 0 Å². The van der Waals surface area contributed by atoms with Gasteiger partial charge in [-0.25, -0.2) is 4.98 Å². The molecule has 4 N–H and O–H groups in total. The van der Waals surface area contributed by atoms with Gasteiger partial charge in [-0.05, 0) is 35.0 Å². The van der Waals surface area contributed by atoms with Crippen molar-refractivity contribution < 1.29 is 19.2 Å². The SMILES string of the molecule is CNC(=O)c1ccsc1NC(=O)c1cccc(C(=O)Nc2sccc2C(=O)NC)n1. The van der Waals surface area contributed by atoms with Gasteiger partial charge in [0.05, 0.1) is 11.1 Å². The van der Waals surface area contributed by atoms with Gasteiger partial charge in [-0.2, -0.15) is 0 Å². The largest absolute Gasteiger partial charge is 0.355 e. The van der Waals surface area contributed by atoms with Crippen LogP contribution in [0.25, 0.3) is 0 Å². The number of pyridine rings is 1. The molecule has 3 aromatic rings. The molecule has 0 bridgehead atoms. The third-order valence-corrected chi connectivity index (χ3v) is 5.60. The minimum Gasteiger partial charge on any atom is -0.355 e. The van der Waals surface area contributed by atoms with E-state index in [1.807, 2.05) is 0 Å². The Bertz CT molecular complexity index is 1040. The molecule has 0 spiro atoms. The van der Waals surface area contributed by atoms with Gasteiger partial charge < -0.3 is 21.3 Å². The molecule has 0 atom stereocenters. The highest BCUT2D eigenvalue weighted by Gasteiger charge is 2.19. The van der Waals surface area contributed by atoms with E-state index in [4.69, 9.17) is 0 Å². The molecular weight excluding hydrogens is 426 g/mol. The van der Waals surface area contributed by atoms with Crippen molar-refractivity contribution in [2.75, 3.05) is 24.7 Å². The fourth-order valence-corrected chi connectivity index (χ4v) is 4.02. The maximum Gasteiger partial charge on any atom is 0.274 e. The number of thiophene rings is 2. The van der Waals surface area contributed by atoms with Gasteiger partial charge in [0.15, 0.2) is 0 Å². The number of hydrogen-bond acceptors (Lipinski definition) is 7. The number of nitrogens with one attached hydrogen (secondary N) is 4. The van der Waals surface area contributed by atoms with Crippen LogP contribution in [0.5, 0.6) is 0 Å². The number of rotatable bonds is 6. The minimum absolute atomic E-state index is 0.0108. The first-order valence-electron chi connectivity index (χ1n) is 8.63. The number of aromatic nitrogens is 1. The highest BCUT2D eigenvalue weighted by Crippen LogP contribution is 2.25. The van der Waals surface area contributed by atoms with Crippen LogP contribution in [0.2, 0.25) is 0 Å². The fourth-order valence-electron chi connectivity index (χ4n) is 2.46. The van der Waals surface area contributed by atoms with Crippen molar-refractivity contribution in [3.63, 3.8) is 0 Å². The molecular formula is C19H17N5O4S2. The third-order valence-electron chi connectivity index (χ3n) is 3.94. The van der Waals surface area contributed by atoms with Crippen molar-refractivity contribution in [1.29, 1.82) is 0 Å². The van der Waals surface area contributed by atoms with Gasteiger partial charge in [0.1, 0.15) is 21.4 Å². The average Bonchev–Trinajstić information content (AvgIpc) is 3.42. The number of carbonyl (C=O) groups is 4. The predicted octanol–water partition coefficient (Wildman–Crippen LogP) is 2.43. The molecule has 0 aromatic carbocycles. The zero-order valence-corrected chi connectivity index (χ0v) is 17.6. The van der Waals surface area contributed by atoms with E-state index in [2.05, 4.69) is 26.3 Å². The van der Waals surface area contributed by atoms with Crippen LogP contribution >= 0.6 is 22.7 Å². The van der Waals surface area contributed by atoms with Crippen LogP contribution in [-0.4, -0.2) is 42.7 Å². The van der Waals surface area contributed by atoms with E-state index >= 15 is 0 Å². The van der Waals surface area contributed by atoms with E-state index < -0.39 is 11.8 Å². The van der Waals surface area contributed by atoms with Gasteiger partial charge >= 0.3 is 0 Å². The molecule has 0 unspecified atom stereocenters. The Labute approximate surface area is 179 Å². The first-order valence-corrected chi connectivity index (χ1v) is 10.4. The topological polar surface area (TPSA) is 129 Å². The molecule has 0 aliphatic carbocycles. The molecule has 3 aromatic heterocycles. The summed E-state index contributed by atoms with van der Waals surface area (Å²) >= 11 is 2.40. The Hall–Kier alpha value is -3.57. The Balaban J connectivity index is 1.76. The lowest BCUT2D eigenvalue weighted by atomic mass is 10.2. The van der Waals surface area contributed by atoms with Crippen LogP contribution in [-0.2, 0) is 0 Å². The Morgan fingerprint density at radius 3 is 1.53 bits per heavy atom. The molecule has 0 radical (unpaired) electrons. The smallest absolute Gasteiger partial charge is 0.274 e. The molecule has 4 amide bonds. The molecule has 3 rings (SSSR count). The first kappa shape index (κ1) is 21.1. The summed E-state index contributed by atoms with van der Waals surface area (Å²) in [5.74, 6) is -1.76. The van der Waals surface area contributed by atoms with Gasteiger partial charge in [0, 0.05) is 14.1 Å². The van der Waals surface area contributed by atoms with Crippen LogP contribution < -0.4 is 21.3 Å². The summed E-state index contributed by atoms with van der Waals surface area (Å²) < 4.78 is 0. The molecule has 0 saturated heterocycles. The van der Waals surface area contributed by atoms with Gasteiger partial charge in [-0.15, -0.1) is 22.7 Å². The quantitative estimate of drug-likeness (QED) is 0.465. The first-order chi connectivity index (χ1) is 14.4. The van der Waals surface area contributed by atoms with Crippen molar-refractivity contribution in [2.24, 2.45) is 0 Å². The fraction of sp³-hybridized carbons (Fsp3) is 0.105. The van der Waals surface area contributed by atoms with Gasteiger partial charge in [-0.3, -0.25) is 19.2 Å². The summed E-state index contributed by atoms with van der Waals surface area (Å²) in [6.07, 6.45) is 0. The maximum absolute atomic E-state index is 12.6. The maximum atomic E-state index is 12.6. The molecule has 30 heavy (non-hydrogen) atoms. The molecule has 0 aliphatic heterocycles. The lowest BCUT2D eigenvalue weighted by Crippen LogP contribution is -2.22. The zero-order valence-electron chi connectivity index (χ0n) is 15.9. The van der Waals surface area contributed by atoms with Crippen LogP contribution in [0.3, 0.4) is 0 Å². The highest BCUT2D eigenvalue weighted by molar-refractivity contribution is 7.15. The lowest BCUT2D eigenvalue weighted by molar-refractivity contribution is 0.0955. The predicted molar refractivity (Wildman–Crippen MR) is 116 cm³/mol. The molecule has 11 heteroatoms. The molecule has 3 heterocycles. The van der Waals surface area contributed by atoms with Crippen molar-refractivity contribution in [1.82, 2.24) is 15.6 Å². The average molecular weight is 444 g/mol. The van der Waals surface area contributed by atoms with Crippen molar-refractivity contribution in [3.8, 4) is 0 Å². The molecule has 154 valence electrons. The lowest BCUT2D eigenvalue weighted by Gasteiger charge is -2.08. The van der Waals surface area contributed by atoms with Crippen molar-refractivity contribution in [3.05, 3.63) is 63.6 Å². The standard InChI is InChI=1S/C19H17N5O4S2/c1-20-14(25)10-6-8-29-18(10)23-16(27)12-4-3-5-13(22-12)17(28)24-19-11(7-9-30-19)15(26)21-2/h3-9H,1-2H3,(H,20,25)(H,21,26)(H,23,27)(H,24,28). The van der Waals surface area contributed by atoms with E-state index in [9.17, 15) is 19.2 Å². The van der Waals surface area contributed by atoms with Crippen LogP contribution in [0.1, 0.15) is 41.7 Å². The second-order valence-corrected chi connectivity index (χ2v) is 7.63.